The van der Waals surface area contributed by atoms with Crippen molar-refractivity contribution < 1.29 is 9.78 Å². The Balaban J connectivity index is 2.17. The molecule has 0 amide bonds. The molecule has 0 fully saturated rings. The number of rotatable bonds is 2. The molecule has 1 aromatic rings. The van der Waals surface area contributed by atoms with Crippen molar-refractivity contribution in [3.8, 4) is 5.75 Å². The third-order valence-electron chi connectivity index (χ3n) is 2.36. The van der Waals surface area contributed by atoms with Gasteiger partial charge in [-0.3, -0.25) is 0 Å². The minimum Gasteiger partial charge on any atom is -0.337 e. The van der Waals surface area contributed by atoms with Crippen molar-refractivity contribution in [1.82, 2.24) is 0 Å². The van der Waals surface area contributed by atoms with E-state index < -0.39 is 0 Å². The number of hydrogen-bond acceptors (Lipinski definition) is 3. The maximum Gasteiger partial charge on any atom is 0.168 e. The minimum absolute atomic E-state index is 0.137. The fourth-order valence-corrected chi connectivity index (χ4v) is 1.47. The second-order valence-electron chi connectivity index (χ2n) is 3.34. The Morgan fingerprint density at radius 1 is 1.50 bits per heavy atom. The predicted octanol–water partition coefficient (Wildman–Crippen LogP) is 1.43. The van der Waals surface area contributed by atoms with Gasteiger partial charge in [0, 0.05) is 12.0 Å². The van der Waals surface area contributed by atoms with Crippen LogP contribution in [-0.4, -0.2) is 12.1 Å². The fourth-order valence-electron chi connectivity index (χ4n) is 1.47. The highest BCUT2D eigenvalue weighted by Crippen LogP contribution is 2.26. The van der Waals surface area contributed by atoms with Crippen molar-refractivity contribution >= 4 is 0 Å². The molecule has 2 N–H and O–H groups in total. The molecular formula is C11H13NO2. The molecule has 3 heteroatoms. The van der Waals surface area contributed by atoms with Crippen LogP contribution < -0.4 is 10.6 Å². The van der Waals surface area contributed by atoms with Crippen molar-refractivity contribution in [2.24, 2.45) is 5.73 Å². The van der Waals surface area contributed by atoms with Crippen LogP contribution in [0.2, 0.25) is 0 Å². The van der Waals surface area contributed by atoms with E-state index in [1.807, 2.05) is 24.3 Å². The molecular weight excluding hydrogens is 178 g/mol. The van der Waals surface area contributed by atoms with Gasteiger partial charge in [0.05, 0.1) is 6.04 Å². The molecule has 0 aliphatic carbocycles. The Morgan fingerprint density at radius 3 is 3.07 bits per heavy atom. The van der Waals surface area contributed by atoms with Crippen LogP contribution >= 0.6 is 0 Å². The topological polar surface area (TPSA) is 44.5 Å². The zero-order valence-electron chi connectivity index (χ0n) is 7.85. The lowest BCUT2D eigenvalue weighted by Crippen LogP contribution is -2.39. The summed E-state index contributed by atoms with van der Waals surface area (Å²) in [5, 5.41) is 0. The van der Waals surface area contributed by atoms with Gasteiger partial charge in [-0.15, -0.1) is 6.58 Å². The molecule has 2 unspecified atom stereocenters. The van der Waals surface area contributed by atoms with Crippen molar-refractivity contribution in [1.29, 1.82) is 0 Å². The van der Waals surface area contributed by atoms with Gasteiger partial charge >= 0.3 is 0 Å². The molecule has 0 spiro atoms. The third-order valence-corrected chi connectivity index (χ3v) is 2.36. The first-order chi connectivity index (χ1) is 6.81. The lowest BCUT2D eigenvalue weighted by Gasteiger charge is -2.26. The van der Waals surface area contributed by atoms with E-state index in [-0.39, 0.29) is 12.1 Å². The summed E-state index contributed by atoms with van der Waals surface area (Å²) >= 11 is 0. The molecule has 0 saturated heterocycles. The predicted molar refractivity (Wildman–Crippen MR) is 53.8 cm³/mol. The van der Waals surface area contributed by atoms with E-state index in [4.69, 9.17) is 15.5 Å². The van der Waals surface area contributed by atoms with Gasteiger partial charge in [0.15, 0.2) is 5.75 Å². The first-order valence-corrected chi connectivity index (χ1v) is 4.60. The van der Waals surface area contributed by atoms with Gasteiger partial charge in [0.1, 0.15) is 6.10 Å². The Labute approximate surface area is 83.1 Å². The van der Waals surface area contributed by atoms with E-state index in [0.29, 0.717) is 0 Å². The molecule has 14 heavy (non-hydrogen) atoms. The van der Waals surface area contributed by atoms with Gasteiger partial charge in [-0.05, 0) is 6.07 Å². The minimum atomic E-state index is -0.191. The summed E-state index contributed by atoms with van der Waals surface area (Å²) in [6, 6.07) is 7.59. The molecule has 0 radical (unpaired) electrons. The second kappa shape index (κ2) is 3.82. The number of benzene rings is 1. The highest BCUT2D eigenvalue weighted by Gasteiger charge is 2.24. The second-order valence-corrected chi connectivity index (χ2v) is 3.34. The van der Waals surface area contributed by atoms with E-state index >= 15 is 0 Å². The maximum atomic E-state index is 5.78. The van der Waals surface area contributed by atoms with Gasteiger partial charge < -0.3 is 10.6 Å². The van der Waals surface area contributed by atoms with Crippen LogP contribution in [0.15, 0.2) is 36.9 Å². The Kier molecular flexibility index (Phi) is 2.52. The quantitative estimate of drug-likeness (QED) is 0.568. The summed E-state index contributed by atoms with van der Waals surface area (Å²) in [7, 11) is 0. The van der Waals surface area contributed by atoms with Crippen LogP contribution in [0, 0.1) is 0 Å². The van der Waals surface area contributed by atoms with Crippen LogP contribution in [0.5, 0.6) is 5.75 Å². The van der Waals surface area contributed by atoms with E-state index in [2.05, 4.69) is 6.58 Å². The Bertz CT molecular complexity index is 338. The summed E-state index contributed by atoms with van der Waals surface area (Å²) in [5.74, 6) is 0.778. The number of nitrogens with two attached hydrogens (primary N) is 1. The van der Waals surface area contributed by atoms with Crippen molar-refractivity contribution in [2.45, 2.75) is 18.6 Å². The third kappa shape index (κ3) is 1.64. The number of fused-ring (bicyclic) bond motifs is 1. The van der Waals surface area contributed by atoms with Gasteiger partial charge in [-0.25, -0.2) is 0 Å². The summed E-state index contributed by atoms with van der Waals surface area (Å²) in [5.41, 5.74) is 6.91. The number of para-hydroxylation sites is 1. The van der Waals surface area contributed by atoms with Crippen molar-refractivity contribution in [2.75, 3.05) is 0 Å². The van der Waals surface area contributed by atoms with Crippen LogP contribution in [0.1, 0.15) is 5.56 Å². The Morgan fingerprint density at radius 2 is 2.29 bits per heavy atom. The molecule has 2 rings (SSSR count). The van der Waals surface area contributed by atoms with Crippen LogP contribution in [0.25, 0.3) is 0 Å². The first kappa shape index (κ1) is 9.24. The average molecular weight is 191 g/mol. The van der Waals surface area contributed by atoms with Gasteiger partial charge in [-0.1, -0.05) is 24.3 Å². The van der Waals surface area contributed by atoms with Gasteiger partial charge in [0.25, 0.3) is 0 Å². The molecule has 1 aliphatic rings. The summed E-state index contributed by atoms with van der Waals surface area (Å²) in [4.78, 5) is 10.3. The normalized spacial score (nSPS) is 21.9. The molecule has 0 aromatic heterocycles. The molecule has 0 saturated carbocycles. The Hall–Kier alpha value is -1.32. The largest absolute Gasteiger partial charge is 0.337 e. The van der Waals surface area contributed by atoms with E-state index in [9.17, 15) is 0 Å². The van der Waals surface area contributed by atoms with Gasteiger partial charge in [0.2, 0.25) is 0 Å². The highest BCUT2D eigenvalue weighted by atomic mass is 17.2. The lowest BCUT2D eigenvalue weighted by atomic mass is 10.0. The standard InChI is InChI=1S/C11H13NO2/c1-2-9(12)11-7-8-5-3-4-6-10(8)13-14-11/h2-6,9,11H,1,7,12H2. The SMILES string of the molecule is C=CC(N)C1Cc2ccccc2OO1. The van der Waals surface area contributed by atoms with Crippen molar-refractivity contribution in [3.05, 3.63) is 42.5 Å². The zero-order valence-corrected chi connectivity index (χ0v) is 7.85. The van der Waals surface area contributed by atoms with Crippen LogP contribution in [0.4, 0.5) is 0 Å². The molecule has 1 aromatic carbocycles. The molecule has 74 valence electrons. The number of hydrogen-bond donors (Lipinski definition) is 1. The summed E-state index contributed by atoms with van der Waals surface area (Å²) in [6.45, 7) is 3.63. The highest BCUT2D eigenvalue weighted by molar-refractivity contribution is 5.34. The average Bonchev–Trinajstić information content (AvgIpc) is 2.27. The maximum absolute atomic E-state index is 5.78. The van der Waals surface area contributed by atoms with Crippen LogP contribution in [0.3, 0.4) is 0 Å². The smallest absolute Gasteiger partial charge is 0.168 e. The lowest BCUT2D eigenvalue weighted by molar-refractivity contribution is -0.256. The molecule has 1 aliphatic heterocycles. The molecule has 1 heterocycles. The van der Waals surface area contributed by atoms with E-state index in [1.54, 1.807) is 6.08 Å². The molecule has 3 nitrogen and oxygen atoms in total. The van der Waals surface area contributed by atoms with E-state index in [0.717, 1.165) is 17.7 Å². The first-order valence-electron chi connectivity index (χ1n) is 4.60. The van der Waals surface area contributed by atoms with Crippen LogP contribution in [-0.2, 0) is 11.3 Å². The van der Waals surface area contributed by atoms with E-state index in [1.165, 1.54) is 0 Å². The summed E-state index contributed by atoms with van der Waals surface area (Å²) < 4.78 is 0. The molecule has 0 bridgehead atoms. The monoisotopic (exact) mass is 191 g/mol. The van der Waals surface area contributed by atoms with Crippen molar-refractivity contribution in [3.63, 3.8) is 0 Å². The molecule has 2 atom stereocenters. The fraction of sp³-hybridized carbons (Fsp3) is 0.273. The summed E-state index contributed by atoms with van der Waals surface area (Å²) in [6.07, 6.45) is 2.30. The van der Waals surface area contributed by atoms with Gasteiger partial charge in [-0.2, -0.15) is 4.89 Å². The zero-order chi connectivity index (χ0) is 9.97.